The number of carbonyl (C=O) groups excluding carboxylic acids is 1. The molecule has 21 heavy (non-hydrogen) atoms. The molecule has 0 fully saturated rings. The number of aryl methyl sites for hydroxylation is 1. The third-order valence-electron chi connectivity index (χ3n) is 2.78. The van der Waals surface area contributed by atoms with E-state index in [4.69, 9.17) is 0 Å². The lowest BCUT2D eigenvalue weighted by atomic mass is 10.0. The number of rotatable bonds is 5. The van der Waals surface area contributed by atoms with Crippen LogP contribution in [-0.4, -0.2) is 28.5 Å². The smallest absolute Gasteiger partial charge is 0.418 e. The van der Waals surface area contributed by atoms with Crippen LogP contribution in [0.4, 0.5) is 13.2 Å². The SMILES string of the molecule is CCOC(=O)[C@](C)(NS(=O)c1ccc(C)cc1)C(F)(F)F. The monoisotopic (exact) mass is 323 g/mol. The van der Waals surface area contributed by atoms with Gasteiger partial charge in [-0.3, -0.25) is 0 Å². The molecule has 0 bridgehead atoms. The van der Waals surface area contributed by atoms with Crippen molar-refractivity contribution >= 4 is 17.0 Å². The maximum absolute atomic E-state index is 13.1. The molecule has 8 heteroatoms. The first kappa shape index (κ1) is 17.6. The molecule has 0 radical (unpaired) electrons. The molecule has 0 saturated heterocycles. The molecule has 4 nitrogen and oxygen atoms in total. The number of halogens is 3. The van der Waals surface area contributed by atoms with Gasteiger partial charge in [-0.15, -0.1) is 0 Å². The second-order valence-corrected chi connectivity index (χ2v) is 5.74. The van der Waals surface area contributed by atoms with Crippen LogP contribution in [-0.2, 0) is 20.5 Å². The zero-order chi connectivity index (χ0) is 16.3. The standard InChI is InChI=1S/C13H16F3NO3S/c1-4-20-11(18)12(3,13(14,15)16)17-21(19)10-7-5-9(2)6-8-10/h5-8,17H,4H2,1-3H3/t12-,21?/m0/s1. The fourth-order valence-corrected chi connectivity index (χ4v) is 2.47. The molecule has 1 N–H and O–H groups in total. The number of alkyl halides is 3. The van der Waals surface area contributed by atoms with Crippen molar-refractivity contribution in [1.82, 2.24) is 4.72 Å². The normalized spacial score (nSPS) is 16.1. The fourth-order valence-electron chi connectivity index (χ4n) is 1.40. The summed E-state index contributed by atoms with van der Waals surface area (Å²) >= 11 is 0. The Morgan fingerprint density at radius 3 is 2.24 bits per heavy atom. The zero-order valence-electron chi connectivity index (χ0n) is 11.8. The van der Waals surface area contributed by atoms with Crippen molar-refractivity contribution in [3.63, 3.8) is 0 Å². The summed E-state index contributed by atoms with van der Waals surface area (Å²) in [5, 5.41) is 0. The van der Waals surface area contributed by atoms with E-state index in [2.05, 4.69) is 4.74 Å². The van der Waals surface area contributed by atoms with Crippen LogP contribution in [0.2, 0.25) is 0 Å². The Balaban J connectivity index is 3.04. The minimum atomic E-state index is -4.94. The Labute approximate surface area is 123 Å². The molecule has 0 amide bonds. The molecule has 0 heterocycles. The summed E-state index contributed by atoms with van der Waals surface area (Å²) in [7, 11) is -2.20. The quantitative estimate of drug-likeness (QED) is 0.847. The van der Waals surface area contributed by atoms with E-state index < -0.39 is 28.7 Å². The third kappa shape index (κ3) is 4.04. The van der Waals surface area contributed by atoms with Gasteiger partial charge in [-0.1, -0.05) is 17.7 Å². The van der Waals surface area contributed by atoms with Crippen molar-refractivity contribution in [1.29, 1.82) is 0 Å². The number of esters is 1. The number of carbonyl (C=O) groups is 1. The van der Waals surface area contributed by atoms with Gasteiger partial charge in [0.1, 0.15) is 11.0 Å². The summed E-state index contributed by atoms with van der Waals surface area (Å²) in [5.41, 5.74) is -2.17. The fraction of sp³-hybridized carbons (Fsp3) is 0.462. The van der Waals surface area contributed by atoms with Crippen LogP contribution in [0.1, 0.15) is 19.4 Å². The predicted molar refractivity (Wildman–Crippen MR) is 71.8 cm³/mol. The molecule has 0 aliphatic heterocycles. The van der Waals surface area contributed by atoms with E-state index >= 15 is 0 Å². The van der Waals surface area contributed by atoms with Gasteiger partial charge in [0.25, 0.3) is 0 Å². The van der Waals surface area contributed by atoms with Gasteiger partial charge in [0.2, 0.25) is 5.54 Å². The van der Waals surface area contributed by atoms with E-state index in [1.807, 2.05) is 4.72 Å². The van der Waals surface area contributed by atoms with Crippen LogP contribution in [0.15, 0.2) is 29.2 Å². The summed E-state index contributed by atoms with van der Waals surface area (Å²) in [5.74, 6) is -1.52. The Bertz CT molecular complexity index is 530. The van der Waals surface area contributed by atoms with Gasteiger partial charge >= 0.3 is 12.1 Å². The maximum atomic E-state index is 13.1. The van der Waals surface area contributed by atoms with Crippen LogP contribution in [0.3, 0.4) is 0 Å². The summed E-state index contributed by atoms with van der Waals surface area (Å²) in [6.45, 7) is 3.59. The Hall–Kier alpha value is -1.41. The predicted octanol–water partition coefficient (Wildman–Crippen LogP) is 2.49. The highest BCUT2D eigenvalue weighted by atomic mass is 32.2. The van der Waals surface area contributed by atoms with Gasteiger partial charge < -0.3 is 4.74 Å². The largest absolute Gasteiger partial charge is 0.464 e. The second kappa shape index (κ2) is 6.57. The third-order valence-corrected chi connectivity index (χ3v) is 4.08. The topological polar surface area (TPSA) is 55.4 Å². The highest BCUT2D eigenvalue weighted by molar-refractivity contribution is 7.83. The number of hydrogen-bond donors (Lipinski definition) is 1. The van der Waals surface area contributed by atoms with Gasteiger partial charge in [0, 0.05) is 0 Å². The lowest BCUT2D eigenvalue weighted by Crippen LogP contribution is -2.61. The van der Waals surface area contributed by atoms with Gasteiger partial charge in [0.05, 0.1) is 11.5 Å². The van der Waals surface area contributed by atoms with Crippen molar-refractivity contribution in [3.8, 4) is 0 Å². The molecule has 1 unspecified atom stereocenters. The van der Waals surface area contributed by atoms with Crippen LogP contribution in [0, 0.1) is 6.92 Å². The van der Waals surface area contributed by atoms with Crippen LogP contribution >= 0.6 is 0 Å². The van der Waals surface area contributed by atoms with Crippen LogP contribution in [0.5, 0.6) is 0 Å². The minimum absolute atomic E-state index is 0.139. The average Bonchev–Trinajstić information content (AvgIpc) is 2.38. The molecular formula is C13H16F3NO3S. The van der Waals surface area contributed by atoms with E-state index in [-0.39, 0.29) is 11.5 Å². The van der Waals surface area contributed by atoms with Crippen molar-refractivity contribution in [3.05, 3.63) is 29.8 Å². The van der Waals surface area contributed by atoms with Crippen molar-refractivity contribution in [2.45, 2.75) is 37.4 Å². The van der Waals surface area contributed by atoms with Gasteiger partial charge in [0.15, 0.2) is 0 Å². The molecule has 1 aromatic carbocycles. The van der Waals surface area contributed by atoms with Crippen molar-refractivity contribution < 1.29 is 26.9 Å². The summed E-state index contributed by atoms with van der Waals surface area (Å²) in [6, 6.07) is 6.09. The molecule has 1 rings (SSSR count). The van der Waals surface area contributed by atoms with E-state index in [1.54, 1.807) is 19.1 Å². The number of hydrogen-bond acceptors (Lipinski definition) is 3. The Morgan fingerprint density at radius 2 is 1.81 bits per heavy atom. The van der Waals surface area contributed by atoms with E-state index in [0.29, 0.717) is 6.92 Å². The molecular weight excluding hydrogens is 307 g/mol. The Kier molecular flexibility index (Phi) is 5.52. The molecule has 0 saturated carbocycles. The summed E-state index contributed by atoms with van der Waals surface area (Å²) in [6.07, 6.45) is -4.94. The lowest BCUT2D eigenvalue weighted by molar-refractivity contribution is -0.205. The molecule has 2 atom stereocenters. The minimum Gasteiger partial charge on any atom is -0.464 e. The van der Waals surface area contributed by atoms with E-state index in [9.17, 15) is 22.2 Å². The number of ether oxygens (including phenoxy) is 1. The molecule has 118 valence electrons. The molecule has 0 aliphatic carbocycles. The van der Waals surface area contributed by atoms with E-state index in [0.717, 1.165) is 5.56 Å². The second-order valence-electron chi connectivity index (χ2n) is 4.53. The van der Waals surface area contributed by atoms with Crippen LogP contribution in [0.25, 0.3) is 0 Å². The molecule has 0 aliphatic rings. The van der Waals surface area contributed by atoms with Crippen molar-refractivity contribution in [2.75, 3.05) is 6.61 Å². The Morgan fingerprint density at radius 1 is 1.29 bits per heavy atom. The van der Waals surface area contributed by atoms with Crippen LogP contribution < -0.4 is 4.72 Å². The number of nitrogens with one attached hydrogen (secondary N) is 1. The molecule has 0 aromatic heterocycles. The van der Waals surface area contributed by atoms with Gasteiger partial charge in [-0.05, 0) is 32.9 Å². The highest BCUT2D eigenvalue weighted by Crippen LogP contribution is 2.32. The highest BCUT2D eigenvalue weighted by Gasteiger charge is 2.59. The van der Waals surface area contributed by atoms with E-state index in [1.165, 1.54) is 19.1 Å². The first-order chi connectivity index (χ1) is 9.61. The maximum Gasteiger partial charge on any atom is 0.418 e. The summed E-state index contributed by atoms with van der Waals surface area (Å²) in [4.78, 5) is 11.7. The van der Waals surface area contributed by atoms with Gasteiger partial charge in [-0.25, -0.2) is 13.7 Å². The summed E-state index contributed by atoms with van der Waals surface area (Å²) < 4.78 is 57.6. The number of benzene rings is 1. The lowest BCUT2D eigenvalue weighted by Gasteiger charge is -2.29. The molecule has 0 spiro atoms. The average molecular weight is 323 g/mol. The first-order valence-corrected chi connectivity index (χ1v) is 7.27. The zero-order valence-corrected chi connectivity index (χ0v) is 12.6. The van der Waals surface area contributed by atoms with Crippen molar-refractivity contribution in [2.24, 2.45) is 0 Å². The first-order valence-electron chi connectivity index (χ1n) is 6.12. The molecule has 1 aromatic rings. The van der Waals surface area contributed by atoms with Gasteiger partial charge in [-0.2, -0.15) is 13.2 Å².